The fourth-order valence-electron chi connectivity index (χ4n) is 3.05. The quantitative estimate of drug-likeness (QED) is 0.656. The first-order valence-electron chi connectivity index (χ1n) is 9.01. The van der Waals surface area contributed by atoms with E-state index in [-0.39, 0.29) is 23.9 Å². The number of fused-ring (bicyclic) bond motifs is 1. The number of hydrogen-bond donors (Lipinski definition) is 2. The Labute approximate surface area is 162 Å². The van der Waals surface area contributed by atoms with Gasteiger partial charge in [-0.1, -0.05) is 12.1 Å². The van der Waals surface area contributed by atoms with Gasteiger partial charge in [0.1, 0.15) is 17.3 Å². The van der Waals surface area contributed by atoms with Crippen molar-refractivity contribution in [3.8, 4) is 11.5 Å². The van der Waals surface area contributed by atoms with Crippen LogP contribution in [0, 0.1) is 0 Å². The molecule has 0 saturated carbocycles. The number of nitrogens with zero attached hydrogens (tertiary/aromatic N) is 1. The molecule has 0 spiro atoms. The van der Waals surface area contributed by atoms with Crippen molar-refractivity contribution in [3.63, 3.8) is 0 Å². The van der Waals surface area contributed by atoms with E-state index in [1.54, 1.807) is 44.6 Å². The first kappa shape index (κ1) is 19.4. The number of carbonyl (C=O) groups excluding carboxylic acids is 1. The Bertz CT molecular complexity index is 1050. The summed E-state index contributed by atoms with van der Waals surface area (Å²) in [7, 11) is 3.17. The zero-order valence-corrected chi connectivity index (χ0v) is 16.1. The minimum Gasteiger partial charge on any atom is -0.497 e. The number of ether oxygens (including phenoxy) is 2. The molecule has 3 rings (SSSR count). The highest BCUT2D eigenvalue weighted by Crippen LogP contribution is 2.29. The SMILES string of the molecule is COc1ccc(OC)c([C@H](C)NC(=O)CCc2nc3ccccc3c(=O)[nH]2)c1. The highest BCUT2D eigenvalue weighted by molar-refractivity contribution is 5.78. The largest absolute Gasteiger partial charge is 0.497 e. The molecule has 0 fully saturated rings. The van der Waals surface area contributed by atoms with E-state index in [1.807, 2.05) is 19.1 Å². The summed E-state index contributed by atoms with van der Waals surface area (Å²) in [5.41, 5.74) is 1.25. The van der Waals surface area contributed by atoms with Gasteiger partial charge >= 0.3 is 0 Å². The average molecular weight is 381 g/mol. The number of rotatable bonds is 7. The van der Waals surface area contributed by atoms with E-state index in [1.165, 1.54) is 0 Å². The van der Waals surface area contributed by atoms with Gasteiger partial charge in [0.05, 0.1) is 31.2 Å². The molecule has 2 aromatic carbocycles. The summed E-state index contributed by atoms with van der Waals surface area (Å²) in [6.07, 6.45) is 0.547. The first-order valence-corrected chi connectivity index (χ1v) is 9.01. The van der Waals surface area contributed by atoms with Crippen LogP contribution in [-0.2, 0) is 11.2 Å². The Balaban J connectivity index is 1.67. The molecule has 2 N–H and O–H groups in total. The molecule has 0 bridgehead atoms. The predicted molar refractivity (Wildman–Crippen MR) is 107 cm³/mol. The maximum absolute atomic E-state index is 12.4. The van der Waals surface area contributed by atoms with Crippen molar-refractivity contribution in [2.45, 2.75) is 25.8 Å². The molecule has 7 heteroatoms. The van der Waals surface area contributed by atoms with Crippen molar-refractivity contribution in [1.82, 2.24) is 15.3 Å². The number of aromatic amines is 1. The molecule has 1 atom stereocenters. The zero-order chi connectivity index (χ0) is 20.1. The Hall–Kier alpha value is -3.35. The number of H-pyrrole nitrogens is 1. The average Bonchev–Trinajstić information content (AvgIpc) is 2.71. The molecule has 0 aliphatic carbocycles. The first-order chi connectivity index (χ1) is 13.5. The van der Waals surface area contributed by atoms with Crippen LogP contribution in [0.4, 0.5) is 0 Å². The molecule has 1 aromatic heterocycles. The summed E-state index contributed by atoms with van der Waals surface area (Å²) >= 11 is 0. The summed E-state index contributed by atoms with van der Waals surface area (Å²) < 4.78 is 10.6. The van der Waals surface area contributed by atoms with Crippen LogP contribution in [0.15, 0.2) is 47.3 Å². The Morgan fingerprint density at radius 2 is 1.96 bits per heavy atom. The second kappa shape index (κ2) is 8.56. The number of hydrogen-bond acceptors (Lipinski definition) is 5. The molecular weight excluding hydrogens is 358 g/mol. The van der Waals surface area contributed by atoms with Gasteiger partial charge in [-0.3, -0.25) is 9.59 Å². The van der Waals surface area contributed by atoms with E-state index in [0.717, 1.165) is 5.56 Å². The van der Waals surface area contributed by atoms with E-state index in [4.69, 9.17) is 9.47 Å². The van der Waals surface area contributed by atoms with E-state index in [0.29, 0.717) is 34.6 Å². The third-order valence-corrected chi connectivity index (χ3v) is 4.53. The van der Waals surface area contributed by atoms with E-state index < -0.39 is 0 Å². The Morgan fingerprint density at radius 1 is 1.18 bits per heavy atom. The smallest absolute Gasteiger partial charge is 0.258 e. The maximum Gasteiger partial charge on any atom is 0.258 e. The second-order valence-corrected chi connectivity index (χ2v) is 6.43. The lowest BCUT2D eigenvalue weighted by Crippen LogP contribution is -2.27. The van der Waals surface area contributed by atoms with Crippen LogP contribution in [0.1, 0.15) is 30.8 Å². The molecule has 7 nitrogen and oxygen atoms in total. The minimum atomic E-state index is -0.263. The zero-order valence-electron chi connectivity index (χ0n) is 16.1. The highest BCUT2D eigenvalue weighted by atomic mass is 16.5. The molecule has 0 saturated heterocycles. The van der Waals surface area contributed by atoms with Crippen LogP contribution in [0.25, 0.3) is 10.9 Å². The molecule has 0 aliphatic heterocycles. The molecule has 146 valence electrons. The number of para-hydroxylation sites is 1. The number of aryl methyl sites for hydroxylation is 1. The van der Waals surface area contributed by atoms with Gasteiger partial charge in [0.15, 0.2) is 0 Å². The number of nitrogens with one attached hydrogen (secondary N) is 2. The summed E-state index contributed by atoms with van der Waals surface area (Å²) in [5.74, 6) is 1.71. The van der Waals surface area contributed by atoms with Gasteiger partial charge in [0.25, 0.3) is 5.56 Å². The normalized spacial score (nSPS) is 11.8. The van der Waals surface area contributed by atoms with Gasteiger partial charge in [0.2, 0.25) is 5.91 Å². The van der Waals surface area contributed by atoms with Crippen LogP contribution >= 0.6 is 0 Å². The fraction of sp³-hybridized carbons (Fsp3) is 0.286. The molecule has 0 unspecified atom stereocenters. The van der Waals surface area contributed by atoms with Crippen LogP contribution in [0.5, 0.6) is 11.5 Å². The summed E-state index contributed by atoms with van der Waals surface area (Å²) in [6, 6.07) is 12.3. The third-order valence-electron chi connectivity index (χ3n) is 4.53. The molecule has 1 heterocycles. The summed E-state index contributed by atoms with van der Waals surface area (Å²) in [5, 5.41) is 3.49. The molecule has 0 aliphatic rings. The van der Waals surface area contributed by atoms with Crippen LogP contribution in [0.3, 0.4) is 0 Å². The number of methoxy groups -OCH3 is 2. The molecular formula is C21H23N3O4. The predicted octanol–water partition coefficient (Wildman–Crippen LogP) is 2.75. The number of carbonyl (C=O) groups is 1. The lowest BCUT2D eigenvalue weighted by Gasteiger charge is -2.18. The van der Waals surface area contributed by atoms with Crippen LogP contribution in [-0.4, -0.2) is 30.1 Å². The van der Waals surface area contributed by atoms with Crippen molar-refractivity contribution in [2.24, 2.45) is 0 Å². The molecule has 1 amide bonds. The lowest BCUT2D eigenvalue weighted by atomic mass is 10.1. The van der Waals surface area contributed by atoms with E-state index in [9.17, 15) is 9.59 Å². The van der Waals surface area contributed by atoms with Gasteiger partial charge in [-0.2, -0.15) is 0 Å². The van der Waals surface area contributed by atoms with Gasteiger partial charge in [-0.25, -0.2) is 4.98 Å². The van der Waals surface area contributed by atoms with Crippen molar-refractivity contribution >= 4 is 16.8 Å². The standard InChI is InChI=1S/C21H23N3O4/c1-13(16-12-14(27-2)8-9-18(16)28-3)22-20(25)11-10-19-23-17-7-5-4-6-15(17)21(26)24-19/h4-9,12-13H,10-11H2,1-3H3,(H,22,25)(H,23,24,26)/t13-/m0/s1. The van der Waals surface area contributed by atoms with Crippen LogP contribution in [0.2, 0.25) is 0 Å². The second-order valence-electron chi connectivity index (χ2n) is 6.43. The maximum atomic E-state index is 12.4. The van der Waals surface area contributed by atoms with Gasteiger partial charge < -0.3 is 19.8 Å². The van der Waals surface area contributed by atoms with Crippen molar-refractivity contribution in [2.75, 3.05) is 14.2 Å². The van der Waals surface area contributed by atoms with Crippen molar-refractivity contribution < 1.29 is 14.3 Å². The Kier molecular flexibility index (Phi) is 5.93. The van der Waals surface area contributed by atoms with Crippen LogP contribution < -0.4 is 20.3 Å². The highest BCUT2D eigenvalue weighted by Gasteiger charge is 2.15. The number of amides is 1. The van der Waals surface area contributed by atoms with E-state index >= 15 is 0 Å². The minimum absolute atomic E-state index is 0.145. The molecule has 0 radical (unpaired) electrons. The van der Waals surface area contributed by atoms with Gasteiger partial charge in [-0.15, -0.1) is 0 Å². The summed E-state index contributed by atoms with van der Waals surface area (Å²) in [6.45, 7) is 1.88. The molecule has 28 heavy (non-hydrogen) atoms. The lowest BCUT2D eigenvalue weighted by molar-refractivity contribution is -0.121. The fourth-order valence-corrected chi connectivity index (χ4v) is 3.05. The third kappa shape index (κ3) is 4.31. The van der Waals surface area contributed by atoms with E-state index in [2.05, 4.69) is 15.3 Å². The number of benzene rings is 2. The Morgan fingerprint density at radius 3 is 2.71 bits per heavy atom. The van der Waals surface area contributed by atoms with Crippen molar-refractivity contribution in [1.29, 1.82) is 0 Å². The summed E-state index contributed by atoms with van der Waals surface area (Å²) in [4.78, 5) is 31.7. The number of aromatic nitrogens is 2. The van der Waals surface area contributed by atoms with Gasteiger partial charge in [-0.05, 0) is 37.3 Å². The molecule has 3 aromatic rings. The van der Waals surface area contributed by atoms with Crippen molar-refractivity contribution in [3.05, 3.63) is 64.2 Å². The monoisotopic (exact) mass is 381 g/mol. The van der Waals surface area contributed by atoms with Gasteiger partial charge in [0, 0.05) is 18.4 Å². The topological polar surface area (TPSA) is 93.3 Å².